The second kappa shape index (κ2) is 6.85. The van der Waals surface area contributed by atoms with Gasteiger partial charge in [-0.3, -0.25) is 4.79 Å². The Morgan fingerprint density at radius 3 is 2.41 bits per heavy atom. The van der Waals surface area contributed by atoms with Gasteiger partial charge in [0.25, 0.3) is 0 Å². The van der Waals surface area contributed by atoms with Crippen molar-refractivity contribution in [3.05, 3.63) is 59.7 Å². The van der Waals surface area contributed by atoms with Crippen molar-refractivity contribution in [2.24, 2.45) is 5.92 Å². The van der Waals surface area contributed by atoms with E-state index >= 15 is 0 Å². The molecule has 0 atom stereocenters. The Balaban J connectivity index is 2.80. The van der Waals surface area contributed by atoms with E-state index in [-0.39, 0.29) is 5.78 Å². The Hall–Kier alpha value is -1.63. The normalized spacial score (nSPS) is 12.4. The molecule has 0 aliphatic rings. The molecule has 90 valence electrons. The zero-order valence-electron chi connectivity index (χ0n) is 10.8. The highest BCUT2D eigenvalue weighted by Gasteiger charge is 2.07. The van der Waals surface area contributed by atoms with E-state index in [0.717, 1.165) is 11.1 Å². The molecule has 0 saturated carbocycles. The standard InChI is InChI=1S/C16H20O/c1-4-8-15(11-13(2)3)16(17)12-14-9-6-5-7-10-14/h4-11,13H,12H2,1-3H3/b8-4-,15-11+. The number of carbonyl (C=O) groups excluding carboxylic acids is 1. The first-order valence-corrected chi connectivity index (χ1v) is 6.05. The van der Waals surface area contributed by atoms with Crippen LogP contribution in [0.15, 0.2) is 54.1 Å². The van der Waals surface area contributed by atoms with Crippen molar-refractivity contribution in [3.8, 4) is 0 Å². The van der Waals surface area contributed by atoms with Gasteiger partial charge in [0, 0.05) is 12.0 Å². The van der Waals surface area contributed by atoms with Gasteiger partial charge in [-0.1, -0.05) is 62.4 Å². The lowest BCUT2D eigenvalue weighted by molar-refractivity contribution is -0.114. The summed E-state index contributed by atoms with van der Waals surface area (Å²) >= 11 is 0. The number of benzene rings is 1. The SMILES string of the molecule is C/C=C\C(=C/C(C)C)C(=O)Cc1ccccc1. The van der Waals surface area contributed by atoms with Crippen molar-refractivity contribution < 1.29 is 4.79 Å². The summed E-state index contributed by atoms with van der Waals surface area (Å²) in [5, 5.41) is 0. The maximum atomic E-state index is 12.1. The Labute approximate surface area is 104 Å². The maximum Gasteiger partial charge on any atom is 0.166 e. The molecule has 0 bridgehead atoms. The number of hydrogen-bond donors (Lipinski definition) is 0. The summed E-state index contributed by atoms with van der Waals surface area (Å²) in [6, 6.07) is 9.86. The summed E-state index contributed by atoms with van der Waals surface area (Å²) in [7, 11) is 0. The van der Waals surface area contributed by atoms with Crippen molar-refractivity contribution in [2.45, 2.75) is 27.2 Å². The zero-order valence-corrected chi connectivity index (χ0v) is 10.8. The third-order valence-electron chi connectivity index (χ3n) is 2.39. The van der Waals surface area contributed by atoms with Gasteiger partial charge in [-0.15, -0.1) is 0 Å². The number of carbonyl (C=O) groups is 1. The molecule has 1 nitrogen and oxygen atoms in total. The van der Waals surface area contributed by atoms with Gasteiger partial charge in [0.1, 0.15) is 0 Å². The highest BCUT2D eigenvalue weighted by atomic mass is 16.1. The third kappa shape index (κ3) is 4.81. The molecule has 0 aromatic heterocycles. The van der Waals surface area contributed by atoms with Gasteiger partial charge in [0.15, 0.2) is 5.78 Å². The average molecular weight is 228 g/mol. The van der Waals surface area contributed by atoms with Crippen molar-refractivity contribution in [2.75, 3.05) is 0 Å². The largest absolute Gasteiger partial charge is 0.294 e. The lowest BCUT2D eigenvalue weighted by Crippen LogP contribution is -2.06. The van der Waals surface area contributed by atoms with Gasteiger partial charge >= 0.3 is 0 Å². The smallest absolute Gasteiger partial charge is 0.166 e. The maximum absolute atomic E-state index is 12.1. The second-order valence-electron chi connectivity index (χ2n) is 4.45. The van der Waals surface area contributed by atoms with Crippen molar-refractivity contribution in [3.63, 3.8) is 0 Å². The molecule has 0 N–H and O–H groups in total. The number of ketones is 1. The second-order valence-corrected chi connectivity index (χ2v) is 4.45. The summed E-state index contributed by atoms with van der Waals surface area (Å²) in [6.45, 7) is 6.10. The van der Waals surface area contributed by atoms with Gasteiger partial charge in [-0.2, -0.15) is 0 Å². The predicted octanol–water partition coefficient (Wildman–Crippen LogP) is 3.96. The Morgan fingerprint density at radius 1 is 1.24 bits per heavy atom. The van der Waals surface area contributed by atoms with Crippen LogP contribution in [0.4, 0.5) is 0 Å². The highest BCUT2D eigenvalue weighted by Crippen LogP contribution is 2.10. The summed E-state index contributed by atoms with van der Waals surface area (Å²) in [6.07, 6.45) is 6.30. The van der Waals surface area contributed by atoms with Crippen molar-refractivity contribution in [1.29, 1.82) is 0 Å². The molecule has 0 amide bonds. The van der Waals surface area contributed by atoms with E-state index in [1.165, 1.54) is 0 Å². The number of allylic oxidation sites excluding steroid dienone is 4. The monoisotopic (exact) mass is 228 g/mol. The summed E-state index contributed by atoms with van der Waals surface area (Å²) in [5.74, 6) is 0.573. The zero-order chi connectivity index (χ0) is 12.7. The van der Waals surface area contributed by atoms with E-state index in [4.69, 9.17) is 0 Å². The number of Topliss-reactive ketones (excluding diaryl/α,β-unsaturated/α-hetero) is 1. The first kappa shape index (κ1) is 13.4. The summed E-state index contributed by atoms with van der Waals surface area (Å²) in [4.78, 5) is 12.1. The molecular formula is C16H20O. The van der Waals surface area contributed by atoms with Gasteiger partial charge in [0.2, 0.25) is 0 Å². The van der Waals surface area contributed by atoms with Crippen LogP contribution in [0.25, 0.3) is 0 Å². The summed E-state index contributed by atoms with van der Waals surface area (Å²) in [5.41, 5.74) is 1.88. The van der Waals surface area contributed by atoms with Crippen LogP contribution in [0.5, 0.6) is 0 Å². The van der Waals surface area contributed by atoms with Crippen LogP contribution in [-0.2, 0) is 11.2 Å². The molecule has 0 radical (unpaired) electrons. The van der Waals surface area contributed by atoms with Gasteiger partial charge in [-0.25, -0.2) is 0 Å². The Kier molecular flexibility index (Phi) is 5.41. The fourth-order valence-corrected chi connectivity index (χ4v) is 1.66. The van der Waals surface area contributed by atoms with Crippen molar-refractivity contribution in [1.82, 2.24) is 0 Å². The van der Waals surface area contributed by atoms with Crippen LogP contribution >= 0.6 is 0 Å². The van der Waals surface area contributed by atoms with E-state index in [1.807, 2.05) is 55.5 Å². The molecule has 17 heavy (non-hydrogen) atoms. The molecule has 0 unspecified atom stereocenters. The van der Waals surface area contributed by atoms with Gasteiger partial charge < -0.3 is 0 Å². The van der Waals surface area contributed by atoms with E-state index < -0.39 is 0 Å². The van der Waals surface area contributed by atoms with Gasteiger partial charge in [0.05, 0.1) is 0 Å². The lowest BCUT2D eigenvalue weighted by Gasteiger charge is -2.04. The quantitative estimate of drug-likeness (QED) is 0.551. The van der Waals surface area contributed by atoms with E-state index in [1.54, 1.807) is 0 Å². The minimum atomic E-state index is 0.183. The van der Waals surface area contributed by atoms with E-state index in [0.29, 0.717) is 12.3 Å². The van der Waals surface area contributed by atoms with Crippen LogP contribution in [0, 0.1) is 5.92 Å². The van der Waals surface area contributed by atoms with Crippen molar-refractivity contribution >= 4 is 5.78 Å². The molecule has 1 aromatic carbocycles. The molecule has 0 heterocycles. The van der Waals surface area contributed by atoms with Crippen LogP contribution in [-0.4, -0.2) is 5.78 Å². The average Bonchev–Trinajstić information content (AvgIpc) is 2.29. The molecular weight excluding hydrogens is 208 g/mol. The highest BCUT2D eigenvalue weighted by molar-refractivity contribution is 5.99. The Bertz CT molecular complexity index is 410. The van der Waals surface area contributed by atoms with Crippen LogP contribution in [0.3, 0.4) is 0 Å². The first-order chi connectivity index (χ1) is 8.13. The molecule has 0 spiro atoms. The van der Waals surface area contributed by atoms with Crippen LogP contribution < -0.4 is 0 Å². The molecule has 0 saturated heterocycles. The molecule has 1 rings (SSSR count). The summed E-state index contributed by atoms with van der Waals surface area (Å²) < 4.78 is 0. The minimum absolute atomic E-state index is 0.183. The molecule has 0 fully saturated rings. The van der Waals surface area contributed by atoms with E-state index in [2.05, 4.69) is 13.8 Å². The topological polar surface area (TPSA) is 17.1 Å². The third-order valence-corrected chi connectivity index (χ3v) is 2.39. The molecule has 1 heteroatoms. The molecule has 0 aliphatic carbocycles. The fraction of sp³-hybridized carbons (Fsp3) is 0.312. The number of hydrogen-bond acceptors (Lipinski definition) is 1. The lowest BCUT2D eigenvalue weighted by atomic mass is 10.00. The number of rotatable bonds is 5. The fourth-order valence-electron chi connectivity index (χ4n) is 1.66. The predicted molar refractivity (Wildman–Crippen MR) is 72.9 cm³/mol. The minimum Gasteiger partial charge on any atom is -0.294 e. The molecule has 1 aromatic rings. The van der Waals surface area contributed by atoms with Crippen LogP contribution in [0.2, 0.25) is 0 Å². The van der Waals surface area contributed by atoms with Crippen LogP contribution in [0.1, 0.15) is 26.3 Å². The van der Waals surface area contributed by atoms with Gasteiger partial charge in [-0.05, 0) is 18.4 Å². The van der Waals surface area contributed by atoms with E-state index in [9.17, 15) is 4.79 Å². The first-order valence-electron chi connectivity index (χ1n) is 6.05. The Morgan fingerprint density at radius 2 is 1.88 bits per heavy atom. The molecule has 0 aliphatic heterocycles.